The van der Waals surface area contributed by atoms with Gasteiger partial charge in [0, 0.05) is 34.1 Å². The molecule has 10 aromatic carbocycles. The number of aryl methyl sites for hydroxylation is 3. The Hall–Kier alpha value is -8.40. The van der Waals surface area contributed by atoms with Crippen LogP contribution in [0.3, 0.4) is 0 Å². The van der Waals surface area contributed by atoms with E-state index in [9.17, 15) is 0 Å². The second-order valence-electron chi connectivity index (χ2n) is 16.8. The smallest absolute Gasteiger partial charge is 0.0503 e. The van der Waals surface area contributed by atoms with Gasteiger partial charge in [0.15, 0.2) is 0 Å². The summed E-state index contributed by atoms with van der Waals surface area (Å²) in [7, 11) is 0. The summed E-state index contributed by atoms with van der Waals surface area (Å²) in [6.07, 6.45) is 0. The van der Waals surface area contributed by atoms with Crippen molar-refractivity contribution in [3.63, 3.8) is 0 Å². The molecule has 0 N–H and O–H groups in total. The van der Waals surface area contributed by atoms with E-state index in [1.165, 1.54) is 50.1 Å². The Labute approximate surface area is 389 Å². The van der Waals surface area contributed by atoms with Gasteiger partial charge in [0.2, 0.25) is 0 Å². The number of benzene rings is 10. The molecule has 0 aliphatic heterocycles. The van der Waals surface area contributed by atoms with E-state index in [0.717, 1.165) is 51.2 Å². The summed E-state index contributed by atoms with van der Waals surface area (Å²) in [5.41, 5.74) is 20.2. The maximum absolute atomic E-state index is 2.42. The quantitative estimate of drug-likeness (QED) is 0.121. The first-order valence-corrected chi connectivity index (χ1v) is 22.7. The zero-order valence-electron chi connectivity index (χ0n) is 37.6. The first-order chi connectivity index (χ1) is 32.5. The molecule has 0 fully saturated rings. The molecule has 66 heavy (non-hydrogen) atoms. The van der Waals surface area contributed by atoms with Gasteiger partial charge in [0.25, 0.3) is 0 Å². The third kappa shape index (κ3) is 8.63. The summed E-state index contributed by atoms with van der Waals surface area (Å²) in [5, 5.41) is 0. The van der Waals surface area contributed by atoms with Crippen molar-refractivity contribution in [2.75, 3.05) is 14.7 Å². The van der Waals surface area contributed by atoms with E-state index in [2.05, 4.69) is 290 Å². The van der Waals surface area contributed by atoms with Gasteiger partial charge in [-0.1, -0.05) is 182 Å². The average Bonchev–Trinajstić information content (AvgIpc) is 3.37. The predicted octanol–water partition coefficient (Wildman–Crippen LogP) is 18.0. The fourth-order valence-electron chi connectivity index (χ4n) is 8.99. The van der Waals surface area contributed by atoms with Gasteiger partial charge in [0.05, 0.1) is 17.1 Å². The molecule has 0 radical (unpaired) electrons. The molecule has 0 bridgehead atoms. The molecule has 0 unspecified atom stereocenters. The van der Waals surface area contributed by atoms with E-state index in [-0.39, 0.29) is 0 Å². The summed E-state index contributed by atoms with van der Waals surface area (Å²) < 4.78 is 0. The summed E-state index contributed by atoms with van der Waals surface area (Å²) in [4.78, 5) is 7.25. The van der Waals surface area contributed by atoms with Crippen molar-refractivity contribution >= 4 is 51.2 Å². The minimum Gasteiger partial charge on any atom is -0.310 e. The van der Waals surface area contributed by atoms with Crippen LogP contribution in [0.1, 0.15) is 16.7 Å². The van der Waals surface area contributed by atoms with Crippen LogP contribution in [-0.4, -0.2) is 0 Å². The molecule has 0 aliphatic rings. The van der Waals surface area contributed by atoms with Gasteiger partial charge in [-0.05, 0) is 144 Å². The Morgan fingerprint density at radius 3 is 0.652 bits per heavy atom. The molecule has 0 spiro atoms. The molecule has 10 rings (SSSR count). The van der Waals surface area contributed by atoms with Crippen molar-refractivity contribution < 1.29 is 0 Å². The number of rotatable bonds is 12. The summed E-state index contributed by atoms with van der Waals surface area (Å²) in [6, 6.07) is 91.9. The fourth-order valence-corrected chi connectivity index (χ4v) is 8.99. The summed E-state index contributed by atoms with van der Waals surface area (Å²) in [5.74, 6) is 0. The normalized spacial score (nSPS) is 11.0. The van der Waals surface area contributed by atoms with Gasteiger partial charge in [-0.15, -0.1) is 0 Å². The standard InChI is InChI=1S/C63H51N3/c1-46-19-13-16-28-61(46)64(55-37-31-52(32-38-55)49-22-7-4-8-23-49)58-43-59(65(62-29-17-14-20-47(62)2)56-39-33-53(34-40-56)50-24-9-5-10-25-50)45-60(44-58)66(63-30-18-15-21-48(63)3)57-41-35-54(36-42-57)51-26-11-6-12-27-51/h4-45H,1-3H3. The maximum atomic E-state index is 2.42. The minimum absolute atomic E-state index is 1.03. The second kappa shape index (κ2) is 18.8. The Morgan fingerprint density at radius 2 is 0.409 bits per heavy atom. The number of hydrogen-bond acceptors (Lipinski definition) is 3. The number of para-hydroxylation sites is 3. The molecule has 0 amide bonds. The lowest BCUT2D eigenvalue weighted by Crippen LogP contribution is -2.17. The van der Waals surface area contributed by atoms with Gasteiger partial charge in [0.1, 0.15) is 0 Å². The van der Waals surface area contributed by atoms with Crippen LogP contribution in [0.25, 0.3) is 33.4 Å². The highest BCUT2D eigenvalue weighted by molar-refractivity contribution is 5.91. The topological polar surface area (TPSA) is 9.72 Å². The molecular formula is C63H51N3. The van der Waals surface area contributed by atoms with Crippen molar-refractivity contribution in [1.29, 1.82) is 0 Å². The van der Waals surface area contributed by atoms with Crippen LogP contribution in [0.4, 0.5) is 51.2 Å². The van der Waals surface area contributed by atoms with Gasteiger partial charge < -0.3 is 14.7 Å². The van der Waals surface area contributed by atoms with Crippen molar-refractivity contribution in [2.24, 2.45) is 0 Å². The maximum Gasteiger partial charge on any atom is 0.0503 e. The first-order valence-electron chi connectivity index (χ1n) is 22.7. The zero-order chi connectivity index (χ0) is 44.8. The van der Waals surface area contributed by atoms with Gasteiger partial charge in [-0.25, -0.2) is 0 Å². The lowest BCUT2D eigenvalue weighted by atomic mass is 10.0. The van der Waals surface area contributed by atoms with Crippen LogP contribution in [0.2, 0.25) is 0 Å². The van der Waals surface area contributed by atoms with Crippen molar-refractivity contribution in [3.05, 3.63) is 271 Å². The highest BCUT2D eigenvalue weighted by atomic mass is 15.2. The van der Waals surface area contributed by atoms with Crippen molar-refractivity contribution in [1.82, 2.24) is 0 Å². The van der Waals surface area contributed by atoms with Gasteiger partial charge in [-0.2, -0.15) is 0 Å². The summed E-state index contributed by atoms with van der Waals surface area (Å²) in [6.45, 7) is 6.61. The molecule has 0 aromatic heterocycles. The fraction of sp³-hybridized carbons (Fsp3) is 0.0476. The zero-order valence-corrected chi connectivity index (χ0v) is 37.6. The van der Waals surface area contributed by atoms with Gasteiger partial charge in [-0.3, -0.25) is 0 Å². The highest BCUT2D eigenvalue weighted by Crippen LogP contribution is 2.48. The monoisotopic (exact) mass is 849 g/mol. The van der Waals surface area contributed by atoms with E-state index in [4.69, 9.17) is 0 Å². The van der Waals surface area contributed by atoms with E-state index >= 15 is 0 Å². The molecular weight excluding hydrogens is 799 g/mol. The number of nitrogens with zero attached hydrogens (tertiary/aromatic N) is 3. The number of hydrogen-bond donors (Lipinski definition) is 0. The molecule has 318 valence electrons. The minimum atomic E-state index is 1.03. The third-order valence-corrected chi connectivity index (χ3v) is 12.4. The molecule has 10 aromatic rings. The van der Waals surface area contributed by atoms with Crippen LogP contribution in [0.15, 0.2) is 255 Å². The summed E-state index contributed by atoms with van der Waals surface area (Å²) >= 11 is 0. The van der Waals surface area contributed by atoms with Crippen molar-refractivity contribution in [3.8, 4) is 33.4 Å². The second-order valence-corrected chi connectivity index (χ2v) is 16.8. The van der Waals surface area contributed by atoms with Crippen LogP contribution >= 0.6 is 0 Å². The molecule has 0 atom stereocenters. The molecule has 0 heterocycles. The number of anilines is 9. The Kier molecular flexibility index (Phi) is 11.8. The van der Waals surface area contributed by atoms with Crippen LogP contribution < -0.4 is 14.7 Å². The van der Waals surface area contributed by atoms with E-state index in [0.29, 0.717) is 0 Å². The SMILES string of the molecule is Cc1ccccc1N(c1ccc(-c2ccccc2)cc1)c1cc(N(c2ccc(-c3ccccc3)cc2)c2ccccc2C)cc(N(c2ccc(-c3ccccc3)cc2)c2ccccc2C)c1. The molecule has 0 saturated carbocycles. The van der Waals surface area contributed by atoms with E-state index in [1.54, 1.807) is 0 Å². The van der Waals surface area contributed by atoms with E-state index in [1.807, 2.05) is 0 Å². The lowest BCUT2D eigenvalue weighted by Gasteiger charge is -2.34. The first kappa shape index (κ1) is 41.6. The Bertz CT molecular complexity index is 2840. The van der Waals surface area contributed by atoms with Crippen molar-refractivity contribution in [2.45, 2.75) is 20.8 Å². The Morgan fingerprint density at radius 1 is 0.197 bits per heavy atom. The van der Waals surface area contributed by atoms with Crippen LogP contribution in [-0.2, 0) is 0 Å². The average molecular weight is 850 g/mol. The third-order valence-electron chi connectivity index (χ3n) is 12.4. The Balaban J connectivity index is 1.23. The largest absolute Gasteiger partial charge is 0.310 e. The van der Waals surface area contributed by atoms with E-state index < -0.39 is 0 Å². The highest BCUT2D eigenvalue weighted by Gasteiger charge is 2.24. The molecule has 3 heteroatoms. The van der Waals surface area contributed by atoms with Crippen LogP contribution in [0.5, 0.6) is 0 Å². The predicted molar refractivity (Wildman–Crippen MR) is 281 cm³/mol. The molecule has 0 saturated heterocycles. The van der Waals surface area contributed by atoms with Gasteiger partial charge >= 0.3 is 0 Å². The molecule has 0 aliphatic carbocycles. The lowest BCUT2D eigenvalue weighted by molar-refractivity contribution is 1.20. The molecule has 3 nitrogen and oxygen atoms in total. The van der Waals surface area contributed by atoms with Crippen LogP contribution in [0, 0.1) is 20.8 Å².